The summed E-state index contributed by atoms with van der Waals surface area (Å²) in [6, 6.07) is 14.4. The molecule has 0 unspecified atom stereocenters. The average molecular weight is 470 g/mol. The fraction of sp³-hybridized carbons (Fsp3) is 0.333. The highest BCUT2D eigenvalue weighted by Crippen LogP contribution is 2.30. The Labute approximate surface area is 205 Å². The Balaban J connectivity index is 1.36. The molecule has 0 radical (unpaired) electrons. The fourth-order valence-corrected chi connectivity index (χ4v) is 4.83. The van der Waals surface area contributed by atoms with Crippen molar-refractivity contribution in [2.75, 3.05) is 36.4 Å². The number of hydrogen-bond acceptors (Lipinski definition) is 5. The summed E-state index contributed by atoms with van der Waals surface area (Å²) < 4.78 is 1.97. The number of rotatable bonds is 3. The molecule has 5 rings (SSSR count). The number of aromatic nitrogens is 4. The molecule has 0 aliphatic carbocycles. The highest BCUT2D eigenvalue weighted by atomic mass is 16.2. The van der Waals surface area contributed by atoms with Gasteiger partial charge in [0.15, 0.2) is 5.82 Å². The lowest BCUT2D eigenvalue weighted by Gasteiger charge is -2.35. The third-order valence-corrected chi connectivity index (χ3v) is 6.60. The van der Waals surface area contributed by atoms with Gasteiger partial charge < -0.3 is 15.1 Å². The summed E-state index contributed by atoms with van der Waals surface area (Å²) in [6.07, 6.45) is 0. The molecule has 8 nitrogen and oxygen atoms in total. The molecule has 35 heavy (non-hydrogen) atoms. The number of nitrogens with one attached hydrogen (secondary N) is 1. The monoisotopic (exact) mass is 469 g/mol. The summed E-state index contributed by atoms with van der Waals surface area (Å²) in [4.78, 5) is 16.9. The van der Waals surface area contributed by atoms with E-state index in [0.29, 0.717) is 26.2 Å². The molecule has 2 aromatic carbocycles. The van der Waals surface area contributed by atoms with Gasteiger partial charge >= 0.3 is 6.03 Å². The quantitative estimate of drug-likeness (QED) is 0.470. The zero-order valence-electron chi connectivity index (χ0n) is 21.0. The number of fused-ring (bicyclic) bond motifs is 1. The predicted octanol–water partition coefficient (Wildman–Crippen LogP) is 4.71. The van der Waals surface area contributed by atoms with Crippen molar-refractivity contribution in [2.45, 2.75) is 34.6 Å². The average Bonchev–Trinajstić information content (AvgIpc) is 3.17. The molecular formula is C27H31N7O. The Morgan fingerprint density at radius 3 is 2.14 bits per heavy atom. The second kappa shape index (κ2) is 9.02. The summed E-state index contributed by atoms with van der Waals surface area (Å²) in [7, 11) is 0. The fourth-order valence-electron chi connectivity index (χ4n) is 4.83. The molecule has 1 aliphatic rings. The van der Waals surface area contributed by atoms with Crippen LogP contribution in [-0.4, -0.2) is 57.1 Å². The lowest BCUT2D eigenvalue weighted by Crippen LogP contribution is -2.50. The number of carbonyl (C=O) groups excluding carboxylic acids is 1. The van der Waals surface area contributed by atoms with Crippen LogP contribution in [0.2, 0.25) is 0 Å². The van der Waals surface area contributed by atoms with Crippen LogP contribution >= 0.6 is 0 Å². The zero-order valence-corrected chi connectivity index (χ0v) is 21.0. The van der Waals surface area contributed by atoms with Gasteiger partial charge in [-0.25, -0.2) is 9.48 Å². The van der Waals surface area contributed by atoms with Gasteiger partial charge in [-0.05, 0) is 70.0 Å². The van der Waals surface area contributed by atoms with Crippen LogP contribution in [0, 0.1) is 34.6 Å². The molecule has 0 spiro atoms. The first kappa shape index (κ1) is 22.8. The van der Waals surface area contributed by atoms with Gasteiger partial charge in [-0.15, -0.1) is 5.10 Å². The van der Waals surface area contributed by atoms with E-state index in [4.69, 9.17) is 5.10 Å². The van der Waals surface area contributed by atoms with E-state index in [9.17, 15) is 4.79 Å². The predicted molar refractivity (Wildman–Crippen MR) is 140 cm³/mol. The van der Waals surface area contributed by atoms with E-state index in [1.807, 2.05) is 42.5 Å². The number of nitrogens with zero attached hydrogens (tertiary/aromatic N) is 6. The number of piperazine rings is 1. The van der Waals surface area contributed by atoms with Crippen molar-refractivity contribution in [3.8, 4) is 5.69 Å². The largest absolute Gasteiger partial charge is 0.350 e. The molecule has 3 heterocycles. The van der Waals surface area contributed by atoms with Crippen LogP contribution in [0.5, 0.6) is 0 Å². The minimum atomic E-state index is -0.0747. The standard InChI is InChI=1S/C27H31N7O/c1-17-6-8-23(9-7-17)34-21(5)24-20(4)29-30-26(25(24)31-34)32-10-12-33(13-11-32)27(35)28-22-15-18(2)14-19(3)16-22/h6-9,14-16H,10-13H2,1-5H3,(H,28,35). The highest BCUT2D eigenvalue weighted by Gasteiger charge is 2.26. The minimum absolute atomic E-state index is 0.0747. The third-order valence-electron chi connectivity index (χ3n) is 6.60. The molecule has 180 valence electrons. The van der Waals surface area contributed by atoms with Gasteiger partial charge in [0, 0.05) is 31.9 Å². The van der Waals surface area contributed by atoms with Crippen LogP contribution in [0.1, 0.15) is 28.1 Å². The summed E-state index contributed by atoms with van der Waals surface area (Å²) in [5, 5.41) is 18.0. The van der Waals surface area contributed by atoms with Crippen LogP contribution in [0.15, 0.2) is 42.5 Å². The maximum Gasteiger partial charge on any atom is 0.321 e. The zero-order chi connectivity index (χ0) is 24.7. The van der Waals surface area contributed by atoms with Crippen molar-refractivity contribution in [3.05, 3.63) is 70.5 Å². The third kappa shape index (κ3) is 4.43. The number of urea groups is 1. The van der Waals surface area contributed by atoms with E-state index in [0.717, 1.165) is 50.6 Å². The minimum Gasteiger partial charge on any atom is -0.350 e. The van der Waals surface area contributed by atoms with E-state index in [1.54, 1.807) is 0 Å². The maximum absolute atomic E-state index is 12.9. The Morgan fingerprint density at radius 1 is 0.829 bits per heavy atom. The van der Waals surface area contributed by atoms with E-state index >= 15 is 0 Å². The lowest BCUT2D eigenvalue weighted by molar-refractivity contribution is 0.208. The second-order valence-electron chi connectivity index (χ2n) is 9.45. The van der Waals surface area contributed by atoms with Gasteiger partial charge in [0.2, 0.25) is 0 Å². The molecule has 1 saturated heterocycles. The Hall–Kier alpha value is -3.94. The number of amides is 2. The summed E-state index contributed by atoms with van der Waals surface area (Å²) in [6.45, 7) is 12.7. The van der Waals surface area contributed by atoms with E-state index in [1.165, 1.54) is 5.56 Å². The van der Waals surface area contributed by atoms with Gasteiger partial charge in [0.05, 0.1) is 22.5 Å². The van der Waals surface area contributed by atoms with E-state index in [2.05, 4.69) is 64.6 Å². The molecule has 4 aromatic rings. The molecule has 8 heteroatoms. The first-order chi connectivity index (χ1) is 16.8. The Morgan fingerprint density at radius 2 is 1.49 bits per heavy atom. The molecule has 1 aliphatic heterocycles. The highest BCUT2D eigenvalue weighted by molar-refractivity contribution is 5.93. The molecule has 1 fully saturated rings. The molecule has 0 bridgehead atoms. The number of carbonyl (C=O) groups is 1. The lowest BCUT2D eigenvalue weighted by atomic mass is 10.1. The first-order valence-electron chi connectivity index (χ1n) is 12.0. The molecule has 1 N–H and O–H groups in total. The van der Waals surface area contributed by atoms with Crippen molar-refractivity contribution in [1.82, 2.24) is 24.9 Å². The van der Waals surface area contributed by atoms with Crippen molar-refractivity contribution in [1.29, 1.82) is 0 Å². The van der Waals surface area contributed by atoms with Gasteiger partial charge in [-0.2, -0.15) is 10.2 Å². The van der Waals surface area contributed by atoms with Crippen LogP contribution in [-0.2, 0) is 0 Å². The van der Waals surface area contributed by atoms with Crippen molar-refractivity contribution < 1.29 is 4.79 Å². The SMILES string of the molecule is Cc1ccc(-n2nc3c(N4CCN(C(=O)Nc5cc(C)cc(C)c5)CC4)nnc(C)c3c2C)cc1. The van der Waals surface area contributed by atoms with Crippen molar-refractivity contribution >= 4 is 28.4 Å². The molecule has 0 saturated carbocycles. The van der Waals surface area contributed by atoms with Gasteiger partial charge in [-0.3, -0.25) is 0 Å². The summed E-state index contributed by atoms with van der Waals surface area (Å²) in [5.74, 6) is 0.772. The first-order valence-corrected chi connectivity index (χ1v) is 12.0. The van der Waals surface area contributed by atoms with Gasteiger partial charge in [0.25, 0.3) is 0 Å². The van der Waals surface area contributed by atoms with E-state index in [-0.39, 0.29) is 6.03 Å². The van der Waals surface area contributed by atoms with Crippen molar-refractivity contribution in [2.24, 2.45) is 0 Å². The van der Waals surface area contributed by atoms with Crippen LogP contribution in [0.4, 0.5) is 16.3 Å². The Bertz CT molecular complexity index is 1380. The Kier molecular flexibility index (Phi) is 5.88. The van der Waals surface area contributed by atoms with Crippen molar-refractivity contribution in [3.63, 3.8) is 0 Å². The second-order valence-corrected chi connectivity index (χ2v) is 9.45. The van der Waals surface area contributed by atoms with Crippen LogP contribution in [0.25, 0.3) is 16.6 Å². The summed E-state index contributed by atoms with van der Waals surface area (Å²) in [5.41, 5.74) is 8.09. The van der Waals surface area contributed by atoms with Gasteiger partial charge in [0.1, 0.15) is 5.52 Å². The number of hydrogen-bond donors (Lipinski definition) is 1. The maximum atomic E-state index is 12.9. The number of aryl methyl sites for hydroxylation is 5. The van der Waals surface area contributed by atoms with Gasteiger partial charge in [-0.1, -0.05) is 23.8 Å². The summed E-state index contributed by atoms with van der Waals surface area (Å²) >= 11 is 0. The number of benzene rings is 2. The molecule has 2 amide bonds. The normalized spacial score (nSPS) is 14.0. The smallest absolute Gasteiger partial charge is 0.321 e. The topological polar surface area (TPSA) is 79.2 Å². The van der Waals surface area contributed by atoms with Crippen LogP contribution < -0.4 is 10.2 Å². The van der Waals surface area contributed by atoms with E-state index < -0.39 is 0 Å². The van der Waals surface area contributed by atoms with Crippen LogP contribution in [0.3, 0.4) is 0 Å². The molecule has 0 atom stereocenters. The molecular weight excluding hydrogens is 438 g/mol. The number of anilines is 2. The molecule has 2 aromatic heterocycles.